The average Bonchev–Trinajstić information content (AvgIpc) is 2.96. The lowest BCUT2D eigenvalue weighted by Crippen LogP contribution is -2.54. The molecular formula is C16H29N3O. The first-order valence-corrected chi connectivity index (χ1v) is 8.49. The van der Waals surface area contributed by atoms with E-state index in [4.69, 9.17) is 5.73 Å². The summed E-state index contributed by atoms with van der Waals surface area (Å²) >= 11 is 0. The number of fused-ring (bicyclic) bond motifs is 1. The first-order chi connectivity index (χ1) is 9.76. The van der Waals surface area contributed by atoms with Crippen molar-refractivity contribution in [2.45, 2.75) is 45.1 Å². The van der Waals surface area contributed by atoms with Crippen LogP contribution in [0.4, 0.5) is 0 Å². The lowest BCUT2D eigenvalue weighted by molar-refractivity contribution is -0.135. The molecule has 1 saturated heterocycles. The number of carbonyl (C=O) groups excluding carboxylic acids is 1. The van der Waals surface area contributed by atoms with Crippen LogP contribution in [-0.2, 0) is 4.79 Å². The molecule has 0 aromatic carbocycles. The van der Waals surface area contributed by atoms with Gasteiger partial charge in [0.15, 0.2) is 0 Å². The minimum absolute atomic E-state index is 0.399. The zero-order valence-electron chi connectivity index (χ0n) is 12.8. The molecule has 114 valence electrons. The Morgan fingerprint density at radius 2 is 1.85 bits per heavy atom. The molecule has 2 saturated carbocycles. The number of carbonyl (C=O) groups is 1. The van der Waals surface area contributed by atoms with E-state index in [9.17, 15) is 4.79 Å². The first-order valence-electron chi connectivity index (χ1n) is 8.49. The van der Waals surface area contributed by atoms with Gasteiger partial charge in [-0.15, -0.1) is 0 Å². The van der Waals surface area contributed by atoms with Crippen molar-refractivity contribution in [2.24, 2.45) is 23.5 Å². The standard InChI is InChI=1S/C16H29N3O/c1-2-4-12(11-17)18-7-9-19(10-8-18)16(20)15-13-5-3-6-14(13)15/h12-15H,2-11,17H2,1H3. The highest BCUT2D eigenvalue weighted by atomic mass is 16.2. The van der Waals surface area contributed by atoms with Crippen LogP contribution in [0.2, 0.25) is 0 Å². The van der Waals surface area contributed by atoms with E-state index in [0.29, 0.717) is 17.9 Å². The zero-order valence-corrected chi connectivity index (χ0v) is 12.8. The number of piperazine rings is 1. The van der Waals surface area contributed by atoms with E-state index in [1.165, 1.54) is 32.1 Å². The van der Waals surface area contributed by atoms with Gasteiger partial charge in [-0.25, -0.2) is 0 Å². The molecule has 20 heavy (non-hydrogen) atoms. The van der Waals surface area contributed by atoms with Gasteiger partial charge in [0, 0.05) is 44.7 Å². The molecule has 3 aliphatic rings. The highest BCUT2D eigenvalue weighted by Gasteiger charge is 2.57. The second-order valence-electron chi connectivity index (χ2n) is 6.82. The number of nitrogens with two attached hydrogens (primary N) is 1. The largest absolute Gasteiger partial charge is 0.340 e. The smallest absolute Gasteiger partial charge is 0.226 e. The molecule has 4 heteroatoms. The predicted molar refractivity (Wildman–Crippen MR) is 80.2 cm³/mol. The average molecular weight is 279 g/mol. The fourth-order valence-electron chi connectivity index (χ4n) is 4.49. The number of hydrogen-bond acceptors (Lipinski definition) is 3. The van der Waals surface area contributed by atoms with Gasteiger partial charge in [-0.05, 0) is 31.1 Å². The summed E-state index contributed by atoms with van der Waals surface area (Å²) in [6.07, 6.45) is 6.31. The van der Waals surface area contributed by atoms with Crippen molar-refractivity contribution in [3.63, 3.8) is 0 Å². The van der Waals surface area contributed by atoms with E-state index in [-0.39, 0.29) is 0 Å². The fourth-order valence-corrected chi connectivity index (χ4v) is 4.49. The van der Waals surface area contributed by atoms with E-state index in [1.807, 2.05) is 0 Å². The minimum atomic E-state index is 0.399. The molecule has 0 spiro atoms. The monoisotopic (exact) mass is 279 g/mol. The van der Waals surface area contributed by atoms with E-state index in [1.54, 1.807) is 0 Å². The third kappa shape index (κ3) is 2.60. The molecule has 0 aromatic heterocycles. The van der Waals surface area contributed by atoms with Crippen LogP contribution in [0.5, 0.6) is 0 Å². The van der Waals surface area contributed by atoms with Gasteiger partial charge in [0.25, 0.3) is 0 Å². The summed E-state index contributed by atoms with van der Waals surface area (Å²) in [5.74, 6) is 2.35. The molecule has 0 aromatic rings. The first kappa shape index (κ1) is 14.3. The van der Waals surface area contributed by atoms with Gasteiger partial charge in [0.05, 0.1) is 0 Å². The van der Waals surface area contributed by atoms with Crippen LogP contribution < -0.4 is 5.73 Å². The summed E-state index contributed by atoms with van der Waals surface area (Å²) in [5, 5.41) is 0. The summed E-state index contributed by atoms with van der Waals surface area (Å²) in [6, 6.07) is 0.512. The summed E-state index contributed by atoms with van der Waals surface area (Å²) < 4.78 is 0. The Bertz CT molecular complexity index is 342. The second-order valence-corrected chi connectivity index (χ2v) is 6.82. The maximum atomic E-state index is 12.5. The van der Waals surface area contributed by atoms with Crippen LogP contribution in [0.3, 0.4) is 0 Å². The minimum Gasteiger partial charge on any atom is -0.340 e. The van der Waals surface area contributed by atoms with Crippen LogP contribution in [0.15, 0.2) is 0 Å². The Labute approximate surface area is 122 Å². The quantitative estimate of drug-likeness (QED) is 0.825. The van der Waals surface area contributed by atoms with E-state index in [2.05, 4.69) is 16.7 Å². The zero-order chi connectivity index (χ0) is 14.1. The van der Waals surface area contributed by atoms with Crippen LogP contribution in [0, 0.1) is 17.8 Å². The Morgan fingerprint density at radius 3 is 2.40 bits per heavy atom. The van der Waals surface area contributed by atoms with Crippen LogP contribution in [-0.4, -0.2) is 54.5 Å². The number of rotatable bonds is 5. The fraction of sp³-hybridized carbons (Fsp3) is 0.938. The molecule has 1 amide bonds. The van der Waals surface area contributed by atoms with Gasteiger partial charge >= 0.3 is 0 Å². The molecular weight excluding hydrogens is 250 g/mol. The molecule has 2 N–H and O–H groups in total. The maximum absolute atomic E-state index is 12.5. The van der Waals surface area contributed by atoms with Crippen molar-refractivity contribution in [3.8, 4) is 0 Å². The molecule has 4 nitrogen and oxygen atoms in total. The molecule has 3 atom stereocenters. The van der Waals surface area contributed by atoms with Gasteiger partial charge in [-0.2, -0.15) is 0 Å². The molecule has 0 bridgehead atoms. The molecule has 1 heterocycles. The molecule has 3 unspecified atom stereocenters. The third-order valence-electron chi connectivity index (χ3n) is 5.73. The highest BCUT2D eigenvalue weighted by Crippen LogP contribution is 2.58. The molecule has 1 aliphatic heterocycles. The second kappa shape index (κ2) is 6.02. The van der Waals surface area contributed by atoms with Gasteiger partial charge in [-0.1, -0.05) is 19.8 Å². The van der Waals surface area contributed by atoms with Gasteiger partial charge in [0.1, 0.15) is 0 Å². The summed E-state index contributed by atoms with van der Waals surface area (Å²) in [4.78, 5) is 17.1. The topological polar surface area (TPSA) is 49.6 Å². The summed E-state index contributed by atoms with van der Waals surface area (Å²) in [7, 11) is 0. The summed E-state index contributed by atoms with van der Waals surface area (Å²) in [5.41, 5.74) is 5.88. The Kier molecular flexibility index (Phi) is 4.32. The van der Waals surface area contributed by atoms with Crippen molar-refractivity contribution in [1.29, 1.82) is 0 Å². The lowest BCUT2D eigenvalue weighted by Gasteiger charge is -2.39. The van der Waals surface area contributed by atoms with E-state index >= 15 is 0 Å². The van der Waals surface area contributed by atoms with Crippen molar-refractivity contribution in [1.82, 2.24) is 9.80 Å². The summed E-state index contributed by atoms with van der Waals surface area (Å²) in [6.45, 7) is 6.80. The van der Waals surface area contributed by atoms with Crippen LogP contribution in [0.1, 0.15) is 39.0 Å². The number of amides is 1. The van der Waals surface area contributed by atoms with Gasteiger partial charge in [0.2, 0.25) is 5.91 Å². The van der Waals surface area contributed by atoms with E-state index in [0.717, 1.165) is 44.6 Å². The maximum Gasteiger partial charge on any atom is 0.226 e. The third-order valence-corrected chi connectivity index (χ3v) is 5.73. The van der Waals surface area contributed by atoms with Crippen molar-refractivity contribution in [3.05, 3.63) is 0 Å². The molecule has 3 rings (SSSR count). The van der Waals surface area contributed by atoms with Gasteiger partial charge < -0.3 is 10.6 Å². The Morgan fingerprint density at radius 1 is 1.20 bits per heavy atom. The molecule has 2 aliphatic carbocycles. The molecule has 3 fully saturated rings. The normalized spacial score (nSPS) is 34.9. The van der Waals surface area contributed by atoms with Gasteiger partial charge in [-0.3, -0.25) is 9.69 Å². The lowest BCUT2D eigenvalue weighted by atomic mass is 10.1. The van der Waals surface area contributed by atoms with Crippen LogP contribution in [0.25, 0.3) is 0 Å². The number of hydrogen-bond donors (Lipinski definition) is 1. The van der Waals surface area contributed by atoms with E-state index < -0.39 is 0 Å². The van der Waals surface area contributed by atoms with Crippen molar-refractivity contribution >= 4 is 5.91 Å². The Hall–Kier alpha value is -0.610. The Balaban J connectivity index is 1.47. The highest BCUT2D eigenvalue weighted by molar-refractivity contribution is 5.82. The SMILES string of the molecule is CCCC(CN)N1CCN(C(=O)C2C3CCCC32)CC1. The van der Waals surface area contributed by atoms with Crippen molar-refractivity contribution < 1.29 is 4.79 Å². The molecule has 0 radical (unpaired) electrons. The van der Waals surface area contributed by atoms with Crippen molar-refractivity contribution in [2.75, 3.05) is 32.7 Å². The van der Waals surface area contributed by atoms with Crippen LogP contribution >= 0.6 is 0 Å². The number of nitrogens with zero attached hydrogens (tertiary/aromatic N) is 2. The predicted octanol–water partition coefficient (Wildman–Crippen LogP) is 1.30.